The van der Waals surface area contributed by atoms with Crippen molar-refractivity contribution < 1.29 is 8.78 Å². The Morgan fingerprint density at radius 3 is 2.38 bits per heavy atom. The Balaban J connectivity index is 2.30. The molecule has 7 heteroatoms. The number of nitrogen functional groups attached to an aromatic ring is 1. The fourth-order valence-corrected chi connectivity index (χ4v) is 1.70. The van der Waals surface area contributed by atoms with E-state index in [1.54, 1.807) is 0 Å². The SMILES string of the molecule is Nc1nc(Br)n(Cc2cc(F)cc(F)c2)n1. The van der Waals surface area contributed by atoms with E-state index in [9.17, 15) is 8.78 Å². The van der Waals surface area contributed by atoms with Gasteiger partial charge in [0.15, 0.2) is 4.73 Å². The quantitative estimate of drug-likeness (QED) is 0.919. The van der Waals surface area contributed by atoms with Gasteiger partial charge in [0, 0.05) is 6.07 Å². The number of nitrogens with zero attached hydrogens (tertiary/aromatic N) is 3. The monoisotopic (exact) mass is 288 g/mol. The van der Waals surface area contributed by atoms with Crippen molar-refractivity contribution in [2.45, 2.75) is 6.54 Å². The van der Waals surface area contributed by atoms with Crippen LogP contribution in [0.4, 0.5) is 14.7 Å². The molecule has 0 bridgehead atoms. The third-order valence-corrected chi connectivity index (χ3v) is 2.48. The summed E-state index contributed by atoms with van der Waals surface area (Å²) in [6, 6.07) is 3.27. The first-order chi connectivity index (χ1) is 7.54. The van der Waals surface area contributed by atoms with Crippen molar-refractivity contribution in [1.29, 1.82) is 0 Å². The van der Waals surface area contributed by atoms with E-state index in [0.717, 1.165) is 6.07 Å². The van der Waals surface area contributed by atoms with Gasteiger partial charge in [0.05, 0.1) is 6.54 Å². The van der Waals surface area contributed by atoms with Crippen LogP contribution in [0.2, 0.25) is 0 Å². The number of anilines is 1. The standard InChI is InChI=1S/C9H7BrF2N4/c10-8-14-9(13)15-16(8)4-5-1-6(11)3-7(12)2-5/h1-3H,4H2,(H2,13,15). The average molecular weight is 289 g/mol. The molecule has 4 nitrogen and oxygen atoms in total. The van der Waals surface area contributed by atoms with Crippen LogP contribution in [0.3, 0.4) is 0 Å². The van der Waals surface area contributed by atoms with E-state index in [2.05, 4.69) is 26.0 Å². The minimum Gasteiger partial charge on any atom is -0.366 e. The zero-order valence-electron chi connectivity index (χ0n) is 7.99. The molecular weight excluding hydrogens is 282 g/mol. The van der Waals surface area contributed by atoms with Crippen LogP contribution in [-0.2, 0) is 6.54 Å². The maximum Gasteiger partial charge on any atom is 0.240 e. The van der Waals surface area contributed by atoms with Gasteiger partial charge in [-0.1, -0.05) is 0 Å². The van der Waals surface area contributed by atoms with E-state index in [-0.39, 0.29) is 12.5 Å². The van der Waals surface area contributed by atoms with E-state index < -0.39 is 11.6 Å². The van der Waals surface area contributed by atoms with E-state index in [0.29, 0.717) is 10.3 Å². The van der Waals surface area contributed by atoms with Crippen LogP contribution in [0.5, 0.6) is 0 Å². The number of hydrogen-bond donors (Lipinski definition) is 1. The first kappa shape index (κ1) is 11.0. The normalized spacial score (nSPS) is 10.7. The molecule has 0 atom stereocenters. The van der Waals surface area contributed by atoms with Crippen LogP contribution in [0.25, 0.3) is 0 Å². The molecule has 1 aromatic heterocycles. The van der Waals surface area contributed by atoms with Crippen molar-refractivity contribution in [2.24, 2.45) is 0 Å². The van der Waals surface area contributed by atoms with E-state index in [1.807, 2.05) is 0 Å². The van der Waals surface area contributed by atoms with Gasteiger partial charge in [-0.25, -0.2) is 13.5 Å². The van der Waals surface area contributed by atoms with Crippen molar-refractivity contribution in [1.82, 2.24) is 14.8 Å². The van der Waals surface area contributed by atoms with Gasteiger partial charge in [-0.2, -0.15) is 4.98 Å². The van der Waals surface area contributed by atoms with Gasteiger partial charge in [-0.15, -0.1) is 5.10 Å². The van der Waals surface area contributed by atoms with Crippen LogP contribution in [0, 0.1) is 11.6 Å². The molecule has 0 radical (unpaired) electrons. The van der Waals surface area contributed by atoms with Crippen LogP contribution in [0.15, 0.2) is 22.9 Å². The molecule has 0 aliphatic heterocycles. The molecule has 0 aliphatic rings. The lowest BCUT2D eigenvalue weighted by Crippen LogP contribution is -2.03. The third kappa shape index (κ3) is 2.35. The zero-order chi connectivity index (χ0) is 11.7. The van der Waals surface area contributed by atoms with E-state index in [1.165, 1.54) is 16.8 Å². The molecule has 84 valence electrons. The highest BCUT2D eigenvalue weighted by molar-refractivity contribution is 9.10. The number of halogens is 3. The second kappa shape index (κ2) is 4.17. The molecule has 2 N–H and O–H groups in total. The van der Waals surface area contributed by atoms with Crippen LogP contribution < -0.4 is 5.73 Å². The zero-order valence-corrected chi connectivity index (χ0v) is 9.58. The molecule has 1 aromatic carbocycles. The highest BCUT2D eigenvalue weighted by atomic mass is 79.9. The summed E-state index contributed by atoms with van der Waals surface area (Å²) in [6.07, 6.45) is 0. The molecule has 0 fully saturated rings. The Labute approximate surface area is 98.2 Å². The molecule has 0 unspecified atom stereocenters. The van der Waals surface area contributed by atoms with Gasteiger partial charge in [-0.3, -0.25) is 0 Å². The molecule has 2 rings (SSSR count). The maximum absolute atomic E-state index is 12.9. The molecule has 1 heterocycles. The number of nitrogens with two attached hydrogens (primary N) is 1. The lowest BCUT2D eigenvalue weighted by Gasteiger charge is -2.02. The van der Waals surface area contributed by atoms with Crippen molar-refractivity contribution in [3.8, 4) is 0 Å². The highest BCUT2D eigenvalue weighted by Gasteiger charge is 2.07. The summed E-state index contributed by atoms with van der Waals surface area (Å²) < 4.78 is 27.6. The highest BCUT2D eigenvalue weighted by Crippen LogP contribution is 2.13. The van der Waals surface area contributed by atoms with Crippen LogP contribution >= 0.6 is 15.9 Å². The van der Waals surface area contributed by atoms with Crippen molar-refractivity contribution in [2.75, 3.05) is 5.73 Å². The lowest BCUT2D eigenvalue weighted by molar-refractivity contribution is 0.573. The molecule has 0 amide bonds. The van der Waals surface area contributed by atoms with Gasteiger partial charge in [0.2, 0.25) is 5.95 Å². The number of hydrogen-bond acceptors (Lipinski definition) is 3. The first-order valence-corrected chi connectivity index (χ1v) is 5.14. The summed E-state index contributed by atoms with van der Waals surface area (Å²) in [6.45, 7) is 0.194. The summed E-state index contributed by atoms with van der Waals surface area (Å²) in [4.78, 5) is 3.81. The summed E-state index contributed by atoms with van der Waals surface area (Å²) >= 11 is 3.13. The Bertz CT molecular complexity index is 506. The Kier molecular flexibility index (Phi) is 2.86. The Morgan fingerprint density at radius 2 is 1.88 bits per heavy atom. The maximum atomic E-state index is 12.9. The van der Waals surface area contributed by atoms with Crippen LogP contribution in [0.1, 0.15) is 5.56 Å². The van der Waals surface area contributed by atoms with Gasteiger partial charge >= 0.3 is 0 Å². The van der Waals surface area contributed by atoms with Gasteiger partial charge in [0.1, 0.15) is 11.6 Å². The Hall–Kier alpha value is -1.50. The number of rotatable bonds is 2. The summed E-state index contributed by atoms with van der Waals surface area (Å²) in [5, 5.41) is 3.86. The van der Waals surface area contributed by atoms with Crippen molar-refractivity contribution in [3.05, 3.63) is 40.1 Å². The molecular formula is C9H7BrF2N4. The largest absolute Gasteiger partial charge is 0.366 e. The van der Waals surface area contributed by atoms with Gasteiger partial charge in [0.25, 0.3) is 0 Å². The predicted molar refractivity (Wildman–Crippen MR) is 57.6 cm³/mol. The number of aromatic nitrogens is 3. The van der Waals surface area contributed by atoms with Gasteiger partial charge < -0.3 is 5.73 Å². The first-order valence-electron chi connectivity index (χ1n) is 4.35. The number of benzene rings is 1. The average Bonchev–Trinajstić information content (AvgIpc) is 2.43. The molecule has 0 aliphatic carbocycles. The fraction of sp³-hybridized carbons (Fsp3) is 0.111. The molecule has 0 spiro atoms. The molecule has 16 heavy (non-hydrogen) atoms. The van der Waals surface area contributed by atoms with Crippen LogP contribution in [-0.4, -0.2) is 14.8 Å². The van der Waals surface area contributed by atoms with Crippen molar-refractivity contribution in [3.63, 3.8) is 0 Å². The van der Waals surface area contributed by atoms with E-state index in [4.69, 9.17) is 5.73 Å². The van der Waals surface area contributed by atoms with Gasteiger partial charge in [-0.05, 0) is 33.6 Å². The summed E-state index contributed by atoms with van der Waals surface area (Å²) in [5.74, 6) is -1.15. The molecule has 2 aromatic rings. The molecule has 0 saturated heterocycles. The third-order valence-electron chi connectivity index (χ3n) is 1.90. The Morgan fingerprint density at radius 1 is 1.25 bits per heavy atom. The van der Waals surface area contributed by atoms with Crippen molar-refractivity contribution >= 4 is 21.9 Å². The second-order valence-electron chi connectivity index (χ2n) is 3.17. The minimum absolute atomic E-state index is 0.101. The lowest BCUT2D eigenvalue weighted by atomic mass is 10.2. The predicted octanol–water partition coefficient (Wildman–Crippen LogP) is 1.95. The fourth-order valence-electron chi connectivity index (χ4n) is 1.32. The summed E-state index contributed by atoms with van der Waals surface area (Å²) in [7, 11) is 0. The second-order valence-corrected chi connectivity index (χ2v) is 3.88. The molecule has 0 saturated carbocycles. The smallest absolute Gasteiger partial charge is 0.240 e. The van der Waals surface area contributed by atoms with E-state index >= 15 is 0 Å². The summed E-state index contributed by atoms with van der Waals surface area (Å²) in [5.41, 5.74) is 5.82. The topological polar surface area (TPSA) is 56.7 Å². The minimum atomic E-state index is -0.626.